The number of hydrogen-bond acceptors (Lipinski definition) is 4. The van der Waals surface area contributed by atoms with Gasteiger partial charge in [0.05, 0.1) is 0 Å². The number of hydrogen-bond donors (Lipinski definition) is 2. The Kier molecular flexibility index (Phi) is 4.93. The van der Waals surface area contributed by atoms with Gasteiger partial charge in [-0.05, 0) is 25.2 Å². The first-order valence-corrected chi connectivity index (χ1v) is 6.89. The molecule has 0 radical (unpaired) electrons. The average Bonchev–Trinajstić information content (AvgIpc) is 2.32. The number of rotatable bonds is 6. The highest BCUT2D eigenvalue weighted by Gasteiger charge is 2.24. The molecule has 0 fully saturated rings. The van der Waals surface area contributed by atoms with Crippen LogP contribution in [-0.4, -0.2) is 22.5 Å². The molecule has 4 heteroatoms. The van der Waals surface area contributed by atoms with Crippen LogP contribution in [0, 0.1) is 0 Å². The molecule has 90 valence electrons. The molecule has 0 saturated heterocycles. The maximum atomic E-state index is 5.71. The van der Waals surface area contributed by atoms with Crippen LogP contribution in [0.15, 0.2) is 18.3 Å². The molecule has 3 nitrogen and oxygen atoms in total. The number of thioether (sulfide) groups is 1. The van der Waals surface area contributed by atoms with Crippen molar-refractivity contribution in [2.45, 2.75) is 31.4 Å². The zero-order valence-electron chi connectivity index (χ0n) is 10.3. The molecule has 1 aromatic heterocycles. The monoisotopic (exact) mass is 239 g/mol. The maximum absolute atomic E-state index is 5.71. The van der Waals surface area contributed by atoms with Crippen LogP contribution in [-0.2, 0) is 0 Å². The van der Waals surface area contributed by atoms with Gasteiger partial charge in [-0.1, -0.05) is 13.8 Å². The summed E-state index contributed by atoms with van der Waals surface area (Å²) in [6.45, 7) is 5.39. The second kappa shape index (κ2) is 5.99. The Hall–Kier alpha value is -0.900. The van der Waals surface area contributed by atoms with E-state index >= 15 is 0 Å². The molecule has 0 saturated carbocycles. The Balaban J connectivity index is 2.62. The fourth-order valence-electron chi connectivity index (χ4n) is 1.66. The molecule has 0 amide bonds. The molecule has 0 aliphatic rings. The molecule has 0 aromatic carbocycles. The minimum atomic E-state index is 0.298. The summed E-state index contributed by atoms with van der Waals surface area (Å²) in [4.78, 5) is 4.25. The Bertz CT molecular complexity index is 316. The van der Waals surface area contributed by atoms with E-state index in [1.165, 1.54) is 0 Å². The molecule has 0 unspecified atom stereocenters. The summed E-state index contributed by atoms with van der Waals surface area (Å²) < 4.78 is 0.298. The van der Waals surface area contributed by atoms with Crippen LogP contribution in [0.2, 0.25) is 0 Å². The SMILES string of the molecule is CCC(CC)(CNc1cc(N)ccn1)SC. The molecule has 3 N–H and O–H groups in total. The second-order valence-corrected chi connectivity index (χ2v) is 5.20. The first-order valence-electron chi connectivity index (χ1n) is 5.66. The van der Waals surface area contributed by atoms with E-state index < -0.39 is 0 Å². The van der Waals surface area contributed by atoms with Crippen molar-refractivity contribution in [3.05, 3.63) is 18.3 Å². The van der Waals surface area contributed by atoms with E-state index in [0.717, 1.165) is 30.9 Å². The maximum Gasteiger partial charge on any atom is 0.127 e. The molecule has 0 aliphatic carbocycles. The summed E-state index contributed by atoms with van der Waals surface area (Å²) in [5, 5.41) is 3.37. The smallest absolute Gasteiger partial charge is 0.127 e. The second-order valence-electron chi connectivity index (χ2n) is 3.92. The third kappa shape index (κ3) is 3.30. The lowest BCUT2D eigenvalue weighted by Gasteiger charge is -2.30. The van der Waals surface area contributed by atoms with E-state index in [4.69, 9.17) is 5.73 Å². The van der Waals surface area contributed by atoms with Gasteiger partial charge in [-0.3, -0.25) is 0 Å². The van der Waals surface area contributed by atoms with E-state index in [9.17, 15) is 0 Å². The predicted molar refractivity (Wildman–Crippen MR) is 74.0 cm³/mol. The number of anilines is 2. The van der Waals surface area contributed by atoms with Gasteiger partial charge >= 0.3 is 0 Å². The van der Waals surface area contributed by atoms with E-state index in [2.05, 4.69) is 30.4 Å². The Morgan fingerprint density at radius 3 is 2.62 bits per heavy atom. The lowest BCUT2D eigenvalue weighted by Crippen LogP contribution is -2.32. The van der Waals surface area contributed by atoms with Crippen molar-refractivity contribution in [1.29, 1.82) is 0 Å². The van der Waals surface area contributed by atoms with Crippen LogP contribution < -0.4 is 11.1 Å². The van der Waals surface area contributed by atoms with Gasteiger partial charge in [-0.25, -0.2) is 4.98 Å². The Labute approximate surface area is 102 Å². The van der Waals surface area contributed by atoms with E-state index in [0.29, 0.717) is 4.75 Å². The Morgan fingerprint density at radius 2 is 2.12 bits per heavy atom. The van der Waals surface area contributed by atoms with Crippen LogP contribution in [0.1, 0.15) is 26.7 Å². The van der Waals surface area contributed by atoms with Crippen LogP contribution in [0.3, 0.4) is 0 Å². The van der Waals surface area contributed by atoms with Crippen molar-refractivity contribution < 1.29 is 0 Å². The number of aromatic nitrogens is 1. The van der Waals surface area contributed by atoms with Gasteiger partial charge in [0.2, 0.25) is 0 Å². The summed E-state index contributed by atoms with van der Waals surface area (Å²) in [7, 11) is 0. The van der Waals surface area contributed by atoms with E-state index in [-0.39, 0.29) is 0 Å². The first kappa shape index (κ1) is 13.2. The van der Waals surface area contributed by atoms with Gasteiger partial charge in [-0.2, -0.15) is 11.8 Å². The number of nitrogens with zero attached hydrogens (tertiary/aromatic N) is 1. The van der Waals surface area contributed by atoms with Crippen molar-refractivity contribution in [3.63, 3.8) is 0 Å². The largest absolute Gasteiger partial charge is 0.399 e. The lowest BCUT2D eigenvalue weighted by molar-refractivity contribution is 0.574. The Morgan fingerprint density at radius 1 is 1.44 bits per heavy atom. The topological polar surface area (TPSA) is 50.9 Å². The van der Waals surface area contributed by atoms with Crippen molar-refractivity contribution >= 4 is 23.3 Å². The summed E-state index contributed by atoms with van der Waals surface area (Å²) in [5.74, 6) is 0.861. The van der Waals surface area contributed by atoms with Gasteiger partial charge in [0, 0.05) is 29.2 Å². The van der Waals surface area contributed by atoms with Crippen molar-refractivity contribution in [3.8, 4) is 0 Å². The van der Waals surface area contributed by atoms with Crippen molar-refractivity contribution in [1.82, 2.24) is 4.98 Å². The minimum absolute atomic E-state index is 0.298. The zero-order chi connectivity index (χ0) is 12.0. The van der Waals surface area contributed by atoms with Gasteiger partial charge in [0.15, 0.2) is 0 Å². The molecule has 16 heavy (non-hydrogen) atoms. The highest BCUT2D eigenvalue weighted by Crippen LogP contribution is 2.30. The molecule has 1 rings (SSSR count). The summed E-state index contributed by atoms with van der Waals surface area (Å²) >= 11 is 1.92. The molecule has 0 bridgehead atoms. The van der Waals surface area contributed by atoms with Gasteiger partial charge in [0.25, 0.3) is 0 Å². The number of nitrogen functional groups attached to an aromatic ring is 1. The average molecular weight is 239 g/mol. The van der Waals surface area contributed by atoms with Crippen molar-refractivity contribution in [2.24, 2.45) is 0 Å². The summed E-state index contributed by atoms with van der Waals surface area (Å²) in [5.41, 5.74) is 6.46. The third-order valence-electron chi connectivity index (χ3n) is 3.10. The molecular weight excluding hydrogens is 218 g/mol. The number of nitrogens with one attached hydrogen (secondary N) is 1. The van der Waals surface area contributed by atoms with E-state index in [1.807, 2.05) is 17.8 Å². The van der Waals surface area contributed by atoms with Crippen LogP contribution >= 0.6 is 11.8 Å². The molecule has 0 aliphatic heterocycles. The van der Waals surface area contributed by atoms with Gasteiger partial charge < -0.3 is 11.1 Å². The predicted octanol–water partition coefficient (Wildman–Crippen LogP) is 3.00. The number of pyridine rings is 1. The van der Waals surface area contributed by atoms with Gasteiger partial charge in [-0.15, -0.1) is 0 Å². The molecule has 1 aromatic rings. The van der Waals surface area contributed by atoms with Gasteiger partial charge in [0.1, 0.15) is 5.82 Å². The highest BCUT2D eigenvalue weighted by molar-refractivity contribution is 8.00. The highest BCUT2D eigenvalue weighted by atomic mass is 32.2. The van der Waals surface area contributed by atoms with Crippen molar-refractivity contribution in [2.75, 3.05) is 23.9 Å². The standard InChI is InChI=1S/C12H21N3S/c1-4-12(5-2,16-3)9-15-11-8-10(13)6-7-14-11/h6-8H,4-5,9H2,1-3H3,(H3,13,14,15). The van der Waals surface area contributed by atoms with E-state index in [1.54, 1.807) is 12.3 Å². The summed E-state index contributed by atoms with van der Waals surface area (Å²) in [6, 6.07) is 3.67. The third-order valence-corrected chi connectivity index (χ3v) is 4.69. The first-order chi connectivity index (χ1) is 7.65. The van der Waals surface area contributed by atoms with Crippen LogP contribution in [0.5, 0.6) is 0 Å². The summed E-state index contributed by atoms with van der Waals surface area (Å²) in [6.07, 6.45) is 6.21. The van der Waals surface area contributed by atoms with Crippen LogP contribution in [0.25, 0.3) is 0 Å². The lowest BCUT2D eigenvalue weighted by atomic mass is 10.0. The fraction of sp³-hybridized carbons (Fsp3) is 0.583. The number of nitrogens with two attached hydrogens (primary N) is 1. The normalized spacial score (nSPS) is 11.4. The quantitative estimate of drug-likeness (QED) is 0.801. The fourth-order valence-corrected chi connectivity index (χ4v) is 2.45. The molecule has 0 atom stereocenters. The molecular formula is C12H21N3S. The van der Waals surface area contributed by atoms with Crippen LogP contribution in [0.4, 0.5) is 11.5 Å². The minimum Gasteiger partial charge on any atom is -0.399 e. The molecule has 1 heterocycles. The molecule has 0 spiro atoms. The zero-order valence-corrected chi connectivity index (χ0v) is 11.1.